The Hall–Kier alpha value is -3.40. The zero-order valence-electron chi connectivity index (χ0n) is 15.7. The first-order valence-corrected chi connectivity index (χ1v) is 9.70. The Bertz CT molecular complexity index is 1020. The van der Waals surface area contributed by atoms with Crippen LogP contribution < -0.4 is 10.1 Å². The number of nitrogens with zero attached hydrogens (tertiary/aromatic N) is 3. The lowest BCUT2D eigenvalue weighted by atomic mass is 10.1. The van der Waals surface area contributed by atoms with Gasteiger partial charge in [0.25, 0.3) is 10.9 Å². The summed E-state index contributed by atoms with van der Waals surface area (Å²) in [5.41, 5.74) is 1.48. The fourth-order valence-electron chi connectivity index (χ4n) is 2.52. The number of nitro benzene ring substituents is 1. The van der Waals surface area contributed by atoms with Gasteiger partial charge < -0.3 is 14.5 Å². The number of carbonyl (C=O) groups excluding carboxylic acids is 1. The third-order valence-corrected chi connectivity index (χ3v) is 4.74. The summed E-state index contributed by atoms with van der Waals surface area (Å²) in [5, 5.41) is 21.8. The van der Waals surface area contributed by atoms with Crippen molar-refractivity contribution >= 4 is 29.0 Å². The molecule has 0 spiro atoms. The van der Waals surface area contributed by atoms with Crippen LogP contribution in [0.1, 0.15) is 12.5 Å². The minimum absolute atomic E-state index is 0.0209. The molecule has 3 aromatic rings. The van der Waals surface area contributed by atoms with Crippen molar-refractivity contribution in [3.63, 3.8) is 0 Å². The number of hydrogen-bond donors (Lipinski definition) is 1. The first-order chi connectivity index (χ1) is 14.0. The Labute approximate surface area is 170 Å². The predicted octanol–water partition coefficient (Wildman–Crippen LogP) is 4.08. The molecule has 0 fully saturated rings. The first kappa shape index (κ1) is 20.3. The van der Waals surface area contributed by atoms with Crippen molar-refractivity contribution in [2.75, 3.05) is 17.7 Å². The van der Waals surface area contributed by atoms with Crippen LogP contribution in [0.5, 0.6) is 5.75 Å². The summed E-state index contributed by atoms with van der Waals surface area (Å²) >= 11 is 1.08. The summed E-state index contributed by atoms with van der Waals surface area (Å²) in [5.74, 6) is 0.774. The minimum Gasteiger partial charge on any atom is -0.494 e. The van der Waals surface area contributed by atoms with Crippen LogP contribution in [-0.2, 0) is 4.79 Å². The molecular formula is C19H18N4O5S. The Morgan fingerprint density at radius 3 is 2.69 bits per heavy atom. The van der Waals surface area contributed by atoms with E-state index in [1.165, 1.54) is 12.1 Å². The maximum Gasteiger partial charge on any atom is 0.277 e. The first-order valence-electron chi connectivity index (χ1n) is 8.71. The zero-order valence-corrected chi connectivity index (χ0v) is 16.6. The second kappa shape index (κ2) is 9.20. The molecule has 9 nitrogen and oxygen atoms in total. The van der Waals surface area contributed by atoms with E-state index in [0.717, 1.165) is 23.1 Å². The average Bonchev–Trinajstić information content (AvgIpc) is 3.18. The largest absolute Gasteiger partial charge is 0.494 e. The van der Waals surface area contributed by atoms with Gasteiger partial charge in [-0.1, -0.05) is 17.8 Å². The molecule has 1 aromatic heterocycles. The molecule has 1 heterocycles. The Morgan fingerprint density at radius 2 is 2.00 bits per heavy atom. The lowest BCUT2D eigenvalue weighted by Crippen LogP contribution is -2.15. The van der Waals surface area contributed by atoms with Gasteiger partial charge >= 0.3 is 0 Å². The molecule has 2 aromatic carbocycles. The van der Waals surface area contributed by atoms with Crippen LogP contribution in [0, 0.1) is 17.0 Å². The van der Waals surface area contributed by atoms with Crippen LogP contribution in [-0.4, -0.2) is 33.4 Å². The smallest absolute Gasteiger partial charge is 0.277 e. The molecule has 0 aliphatic rings. The van der Waals surface area contributed by atoms with Crippen LogP contribution in [0.4, 0.5) is 11.4 Å². The van der Waals surface area contributed by atoms with Gasteiger partial charge in [0.1, 0.15) is 5.75 Å². The molecule has 29 heavy (non-hydrogen) atoms. The number of ether oxygens (including phenoxy) is 1. The number of aromatic nitrogens is 2. The van der Waals surface area contributed by atoms with Gasteiger partial charge in [0.2, 0.25) is 11.8 Å². The molecule has 1 amide bonds. The monoisotopic (exact) mass is 414 g/mol. The van der Waals surface area contributed by atoms with Crippen molar-refractivity contribution in [3.8, 4) is 17.2 Å². The highest BCUT2D eigenvalue weighted by atomic mass is 32.2. The van der Waals surface area contributed by atoms with Crippen LogP contribution >= 0.6 is 11.8 Å². The molecule has 0 bridgehead atoms. The number of amides is 1. The van der Waals surface area contributed by atoms with Gasteiger partial charge in [-0.05, 0) is 44.2 Å². The average molecular weight is 414 g/mol. The standard InChI is InChI=1S/C19H18N4O5S/c1-3-27-14-9-7-13(8-10-14)18-21-22-19(28-18)29-11-17(24)20-15-5-4-6-16(12(15)2)23(25)26/h4-10H,3,11H2,1-2H3,(H,20,24). The fraction of sp³-hybridized carbons (Fsp3) is 0.211. The van der Waals surface area contributed by atoms with Gasteiger partial charge in [-0.25, -0.2) is 0 Å². The van der Waals surface area contributed by atoms with Crippen LogP contribution in [0.25, 0.3) is 11.5 Å². The summed E-state index contributed by atoms with van der Waals surface area (Å²) in [6.07, 6.45) is 0. The topological polar surface area (TPSA) is 120 Å². The molecule has 0 saturated carbocycles. The fourth-order valence-corrected chi connectivity index (χ4v) is 3.08. The highest BCUT2D eigenvalue weighted by Crippen LogP contribution is 2.27. The summed E-state index contributed by atoms with van der Waals surface area (Å²) in [7, 11) is 0. The van der Waals surface area contributed by atoms with E-state index in [1.54, 1.807) is 13.0 Å². The van der Waals surface area contributed by atoms with Crippen molar-refractivity contribution < 1.29 is 18.9 Å². The second-order valence-corrected chi connectivity index (χ2v) is 6.80. The maximum absolute atomic E-state index is 12.2. The predicted molar refractivity (Wildman–Crippen MR) is 108 cm³/mol. The van der Waals surface area contributed by atoms with Crippen molar-refractivity contribution in [1.82, 2.24) is 10.2 Å². The Morgan fingerprint density at radius 1 is 1.24 bits per heavy atom. The number of thioether (sulfide) groups is 1. The SMILES string of the molecule is CCOc1ccc(-c2nnc(SCC(=O)Nc3cccc([N+](=O)[O-])c3C)o2)cc1. The Kier molecular flexibility index (Phi) is 6.45. The van der Waals surface area contributed by atoms with E-state index >= 15 is 0 Å². The number of nitrogens with one attached hydrogen (secondary N) is 1. The van der Waals surface area contributed by atoms with Crippen molar-refractivity contribution in [3.05, 3.63) is 58.1 Å². The number of benzene rings is 2. The molecule has 0 aliphatic heterocycles. The second-order valence-electron chi connectivity index (χ2n) is 5.87. The molecule has 0 unspecified atom stereocenters. The minimum atomic E-state index is -0.485. The van der Waals surface area contributed by atoms with E-state index in [1.807, 2.05) is 31.2 Å². The quantitative estimate of drug-likeness (QED) is 0.332. The van der Waals surface area contributed by atoms with Crippen LogP contribution in [0.3, 0.4) is 0 Å². The highest BCUT2D eigenvalue weighted by molar-refractivity contribution is 7.99. The summed E-state index contributed by atoms with van der Waals surface area (Å²) in [6, 6.07) is 11.8. The third-order valence-electron chi connectivity index (χ3n) is 3.92. The van der Waals surface area contributed by atoms with E-state index in [2.05, 4.69) is 15.5 Å². The maximum atomic E-state index is 12.2. The van der Waals surface area contributed by atoms with E-state index < -0.39 is 4.92 Å². The van der Waals surface area contributed by atoms with E-state index in [-0.39, 0.29) is 22.6 Å². The summed E-state index contributed by atoms with van der Waals surface area (Å²) in [6.45, 7) is 4.08. The van der Waals surface area contributed by atoms with Gasteiger partial charge in [-0.3, -0.25) is 14.9 Å². The molecular weight excluding hydrogens is 396 g/mol. The highest BCUT2D eigenvalue weighted by Gasteiger charge is 2.16. The molecule has 150 valence electrons. The van der Waals surface area contributed by atoms with Crippen molar-refractivity contribution in [1.29, 1.82) is 0 Å². The number of nitro groups is 1. The van der Waals surface area contributed by atoms with Gasteiger partial charge in [-0.2, -0.15) is 0 Å². The third kappa shape index (κ3) is 5.11. The molecule has 0 atom stereocenters. The lowest BCUT2D eigenvalue weighted by Gasteiger charge is -2.07. The van der Waals surface area contributed by atoms with E-state index in [0.29, 0.717) is 23.7 Å². The summed E-state index contributed by atoms with van der Waals surface area (Å²) < 4.78 is 11.0. The van der Waals surface area contributed by atoms with E-state index in [4.69, 9.17) is 9.15 Å². The van der Waals surface area contributed by atoms with Crippen LogP contribution in [0.2, 0.25) is 0 Å². The number of carbonyl (C=O) groups is 1. The van der Waals surface area contributed by atoms with Gasteiger partial charge in [0, 0.05) is 11.6 Å². The van der Waals surface area contributed by atoms with Gasteiger partial charge in [0.05, 0.1) is 28.5 Å². The number of rotatable bonds is 8. The molecule has 1 N–H and O–H groups in total. The normalized spacial score (nSPS) is 10.6. The van der Waals surface area contributed by atoms with Crippen molar-refractivity contribution in [2.24, 2.45) is 0 Å². The molecule has 0 radical (unpaired) electrons. The lowest BCUT2D eigenvalue weighted by molar-refractivity contribution is -0.385. The van der Waals surface area contributed by atoms with Crippen molar-refractivity contribution in [2.45, 2.75) is 19.1 Å². The zero-order chi connectivity index (χ0) is 20.8. The van der Waals surface area contributed by atoms with Crippen LogP contribution in [0.15, 0.2) is 52.1 Å². The molecule has 10 heteroatoms. The number of hydrogen-bond acceptors (Lipinski definition) is 8. The summed E-state index contributed by atoms with van der Waals surface area (Å²) in [4.78, 5) is 22.7. The van der Waals surface area contributed by atoms with Gasteiger partial charge in [0.15, 0.2) is 0 Å². The van der Waals surface area contributed by atoms with E-state index in [9.17, 15) is 14.9 Å². The molecule has 0 aliphatic carbocycles. The number of anilines is 1. The van der Waals surface area contributed by atoms with Gasteiger partial charge in [-0.15, -0.1) is 10.2 Å². The Balaban J connectivity index is 1.59. The molecule has 0 saturated heterocycles. The molecule has 3 rings (SSSR count).